The number of nitrogens with zero attached hydrogens (tertiary/aromatic N) is 2. The van der Waals surface area contributed by atoms with E-state index in [9.17, 15) is 0 Å². The quantitative estimate of drug-likeness (QED) is 0.663. The zero-order chi connectivity index (χ0) is 14.8. The van der Waals surface area contributed by atoms with Gasteiger partial charge in [0.25, 0.3) is 0 Å². The summed E-state index contributed by atoms with van der Waals surface area (Å²) >= 11 is 0. The fourth-order valence-corrected chi connectivity index (χ4v) is 1.61. The van der Waals surface area contributed by atoms with Gasteiger partial charge in [-0.3, -0.25) is 0 Å². The van der Waals surface area contributed by atoms with Gasteiger partial charge in [0.15, 0.2) is 0 Å². The Kier molecular flexibility index (Phi) is 3.90. The van der Waals surface area contributed by atoms with Crippen LogP contribution < -0.4 is 16.0 Å². The molecule has 5 heteroatoms. The summed E-state index contributed by atoms with van der Waals surface area (Å²) in [5, 5.41) is 0. The van der Waals surface area contributed by atoms with E-state index in [1.54, 1.807) is 6.07 Å². The summed E-state index contributed by atoms with van der Waals surface area (Å²) in [6.07, 6.45) is 0. The van der Waals surface area contributed by atoms with Crippen molar-refractivity contribution in [3.63, 3.8) is 0 Å². The molecule has 0 atom stereocenters. The highest BCUT2D eigenvalue weighted by atomic mass is 16.5. The Hall–Kier alpha value is -2.14. The average molecular weight is 272 g/mol. The number of hydrogen-bond donors (Lipinski definition) is 2. The van der Waals surface area contributed by atoms with E-state index >= 15 is 0 Å². The highest BCUT2D eigenvalue weighted by Gasteiger charge is 2.19. The van der Waals surface area contributed by atoms with Gasteiger partial charge in [-0.05, 0) is 19.1 Å². The van der Waals surface area contributed by atoms with Crippen molar-refractivity contribution in [2.45, 2.75) is 33.1 Å². The fourth-order valence-electron chi connectivity index (χ4n) is 1.61. The molecule has 3 N–H and O–H groups in total. The normalized spacial score (nSPS) is 11.2. The molecule has 0 saturated carbocycles. The molecule has 0 aliphatic carbocycles. The van der Waals surface area contributed by atoms with Crippen LogP contribution in [0.3, 0.4) is 0 Å². The molecule has 0 aliphatic rings. The van der Waals surface area contributed by atoms with Crippen molar-refractivity contribution in [2.75, 3.05) is 5.43 Å². The fraction of sp³-hybridized carbons (Fsp3) is 0.333. The van der Waals surface area contributed by atoms with Crippen molar-refractivity contribution in [3.8, 4) is 11.6 Å². The number of hydrazine groups is 1. The Morgan fingerprint density at radius 1 is 1.10 bits per heavy atom. The second-order valence-electron chi connectivity index (χ2n) is 5.72. The van der Waals surface area contributed by atoms with Gasteiger partial charge in [0.05, 0.1) is 0 Å². The highest BCUT2D eigenvalue weighted by molar-refractivity contribution is 5.40. The highest BCUT2D eigenvalue weighted by Crippen LogP contribution is 2.26. The van der Waals surface area contributed by atoms with Gasteiger partial charge in [-0.1, -0.05) is 38.5 Å². The molecule has 0 unspecified atom stereocenters. The molecule has 1 aromatic carbocycles. The van der Waals surface area contributed by atoms with E-state index in [1.165, 1.54) is 5.56 Å². The molecule has 2 aromatic rings. The summed E-state index contributed by atoms with van der Waals surface area (Å²) < 4.78 is 5.76. The van der Waals surface area contributed by atoms with Gasteiger partial charge in [0, 0.05) is 11.5 Å². The molecule has 0 amide bonds. The molecule has 20 heavy (non-hydrogen) atoms. The van der Waals surface area contributed by atoms with Crippen LogP contribution in [0.5, 0.6) is 11.6 Å². The third kappa shape index (κ3) is 3.45. The lowest BCUT2D eigenvalue weighted by Gasteiger charge is -2.18. The second-order valence-corrected chi connectivity index (χ2v) is 5.72. The zero-order valence-corrected chi connectivity index (χ0v) is 12.3. The molecule has 0 saturated heterocycles. The van der Waals surface area contributed by atoms with Crippen LogP contribution in [-0.4, -0.2) is 9.97 Å². The van der Waals surface area contributed by atoms with Crippen molar-refractivity contribution < 1.29 is 4.74 Å². The number of ether oxygens (including phenoxy) is 1. The van der Waals surface area contributed by atoms with Crippen molar-refractivity contribution in [3.05, 3.63) is 41.7 Å². The Morgan fingerprint density at radius 2 is 1.75 bits per heavy atom. The molecule has 0 spiro atoms. The maximum Gasteiger partial charge on any atom is 0.224 e. The van der Waals surface area contributed by atoms with Crippen LogP contribution in [0.2, 0.25) is 0 Å². The van der Waals surface area contributed by atoms with Crippen LogP contribution >= 0.6 is 0 Å². The summed E-state index contributed by atoms with van der Waals surface area (Å²) in [5.41, 5.74) is 3.54. The minimum atomic E-state index is -0.182. The number of hydrogen-bond acceptors (Lipinski definition) is 5. The van der Waals surface area contributed by atoms with Gasteiger partial charge in [-0.2, -0.15) is 4.98 Å². The van der Waals surface area contributed by atoms with Gasteiger partial charge in [-0.25, -0.2) is 10.8 Å². The molecule has 1 heterocycles. The first-order valence-corrected chi connectivity index (χ1v) is 6.49. The van der Waals surface area contributed by atoms with Crippen molar-refractivity contribution in [1.82, 2.24) is 9.97 Å². The molecular weight excluding hydrogens is 252 g/mol. The summed E-state index contributed by atoms with van der Waals surface area (Å²) in [6, 6.07) is 9.47. The summed E-state index contributed by atoms with van der Waals surface area (Å²) in [5.74, 6) is 7.87. The monoisotopic (exact) mass is 272 g/mol. The van der Waals surface area contributed by atoms with Crippen LogP contribution in [0.1, 0.15) is 32.2 Å². The summed E-state index contributed by atoms with van der Waals surface area (Å²) in [7, 11) is 0. The lowest BCUT2D eigenvalue weighted by atomic mass is 9.96. The first-order chi connectivity index (χ1) is 9.38. The number of benzene rings is 1. The van der Waals surface area contributed by atoms with Gasteiger partial charge in [0.1, 0.15) is 17.4 Å². The number of nitrogens with two attached hydrogens (primary N) is 1. The van der Waals surface area contributed by atoms with Crippen molar-refractivity contribution >= 4 is 5.82 Å². The summed E-state index contributed by atoms with van der Waals surface area (Å²) in [6.45, 7) is 8.15. The lowest BCUT2D eigenvalue weighted by molar-refractivity contribution is 0.446. The first kappa shape index (κ1) is 14.3. The van der Waals surface area contributed by atoms with E-state index in [0.29, 0.717) is 17.5 Å². The Labute approximate surface area is 119 Å². The number of rotatable bonds is 3. The summed E-state index contributed by atoms with van der Waals surface area (Å²) in [4.78, 5) is 8.79. The molecule has 5 nitrogen and oxygen atoms in total. The minimum absolute atomic E-state index is 0.182. The van der Waals surface area contributed by atoms with Gasteiger partial charge < -0.3 is 10.2 Å². The van der Waals surface area contributed by atoms with Crippen LogP contribution in [0.4, 0.5) is 5.82 Å². The smallest absolute Gasteiger partial charge is 0.224 e. The van der Waals surface area contributed by atoms with E-state index in [1.807, 2.05) is 52.0 Å². The Morgan fingerprint density at radius 3 is 2.30 bits per heavy atom. The van der Waals surface area contributed by atoms with E-state index in [-0.39, 0.29) is 5.41 Å². The van der Waals surface area contributed by atoms with E-state index in [2.05, 4.69) is 15.4 Å². The third-order valence-corrected chi connectivity index (χ3v) is 2.76. The standard InChI is InChI=1S/C15H20N4O/c1-10-5-7-11(8-6-10)20-13-9-12(19-16)17-14(18-13)15(2,3)4/h5-9H,16H2,1-4H3,(H,17,18,19). The van der Waals surface area contributed by atoms with Crippen molar-refractivity contribution in [1.29, 1.82) is 0 Å². The van der Waals surface area contributed by atoms with Gasteiger partial charge in [0.2, 0.25) is 5.88 Å². The third-order valence-electron chi connectivity index (χ3n) is 2.76. The number of nitrogens with one attached hydrogen (secondary N) is 1. The average Bonchev–Trinajstić information content (AvgIpc) is 2.40. The molecule has 106 valence electrons. The number of nitrogen functional groups attached to an aromatic ring is 1. The minimum Gasteiger partial charge on any atom is -0.439 e. The largest absolute Gasteiger partial charge is 0.439 e. The topological polar surface area (TPSA) is 73.1 Å². The Balaban J connectivity index is 2.33. The molecule has 2 rings (SSSR count). The van der Waals surface area contributed by atoms with Gasteiger partial charge in [-0.15, -0.1) is 0 Å². The maximum absolute atomic E-state index is 5.76. The van der Waals surface area contributed by atoms with Crippen LogP contribution in [0.25, 0.3) is 0 Å². The predicted octanol–water partition coefficient (Wildman–Crippen LogP) is 3.16. The number of aryl methyl sites for hydroxylation is 1. The first-order valence-electron chi connectivity index (χ1n) is 6.49. The zero-order valence-electron chi connectivity index (χ0n) is 12.3. The van der Waals surface area contributed by atoms with Crippen LogP contribution in [0, 0.1) is 6.92 Å². The van der Waals surface area contributed by atoms with E-state index in [4.69, 9.17) is 10.6 Å². The second kappa shape index (κ2) is 5.46. The van der Waals surface area contributed by atoms with Crippen molar-refractivity contribution in [2.24, 2.45) is 5.84 Å². The van der Waals surface area contributed by atoms with Gasteiger partial charge >= 0.3 is 0 Å². The number of anilines is 1. The van der Waals surface area contributed by atoms with Crippen LogP contribution in [0.15, 0.2) is 30.3 Å². The van der Waals surface area contributed by atoms with E-state index < -0.39 is 0 Å². The lowest BCUT2D eigenvalue weighted by Crippen LogP contribution is -2.19. The SMILES string of the molecule is Cc1ccc(Oc2cc(NN)nc(C(C)(C)C)n2)cc1. The van der Waals surface area contributed by atoms with Crippen LogP contribution in [-0.2, 0) is 5.41 Å². The van der Waals surface area contributed by atoms with E-state index in [0.717, 1.165) is 5.75 Å². The Bertz CT molecular complexity index is 588. The molecular formula is C15H20N4O. The number of aromatic nitrogens is 2. The maximum atomic E-state index is 5.76. The molecule has 1 aromatic heterocycles. The molecule has 0 radical (unpaired) electrons. The predicted molar refractivity (Wildman–Crippen MR) is 79.8 cm³/mol. The molecule has 0 bridgehead atoms. The molecule has 0 aliphatic heterocycles. The molecule has 0 fully saturated rings.